The highest BCUT2D eigenvalue weighted by Gasteiger charge is 2.16. The summed E-state index contributed by atoms with van der Waals surface area (Å²) >= 11 is 0. The molecule has 0 aliphatic rings. The molecule has 0 saturated carbocycles. The third-order valence-corrected chi connectivity index (χ3v) is 3.89. The Morgan fingerprint density at radius 1 is 0.750 bits per heavy atom. The lowest BCUT2D eigenvalue weighted by Crippen LogP contribution is -2.29. The molecule has 4 nitrogen and oxygen atoms in total. The Bertz CT molecular complexity index is 898. The molecule has 4 heteroatoms. The van der Waals surface area contributed by atoms with Crippen LogP contribution in [0.5, 0.6) is 0 Å². The molecule has 3 rings (SSSR count). The van der Waals surface area contributed by atoms with E-state index in [0.29, 0.717) is 11.4 Å². The molecular formula is C20H18N2O2. The van der Waals surface area contributed by atoms with E-state index in [1.54, 1.807) is 12.1 Å². The van der Waals surface area contributed by atoms with Crippen molar-refractivity contribution in [3.05, 3.63) is 72.3 Å². The third-order valence-electron chi connectivity index (χ3n) is 3.89. The predicted molar refractivity (Wildman–Crippen MR) is 97.0 cm³/mol. The lowest BCUT2D eigenvalue weighted by Gasteiger charge is -2.11. The van der Waals surface area contributed by atoms with E-state index in [4.69, 9.17) is 0 Å². The molecule has 0 aliphatic carbocycles. The number of para-hydroxylation sites is 1. The lowest BCUT2D eigenvalue weighted by atomic mass is 10.1. The van der Waals surface area contributed by atoms with Crippen LogP contribution in [0.25, 0.3) is 10.8 Å². The summed E-state index contributed by atoms with van der Waals surface area (Å²) in [6, 6.07) is 20.8. The first-order valence-electron chi connectivity index (χ1n) is 7.87. The molecule has 0 fully saturated rings. The van der Waals surface area contributed by atoms with Gasteiger partial charge >= 0.3 is 11.8 Å². The van der Waals surface area contributed by atoms with E-state index in [2.05, 4.69) is 10.6 Å². The molecule has 3 aromatic rings. The molecule has 0 bridgehead atoms. The Hall–Kier alpha value is -3.14. The fourth-order valence-corrected chi connectivity index (χ4v) is 2.64. The van der Waals surface area contributed by atoms with Gasteiger partial charge in [-0.1, -0.05) is 61.5 Å². The molecule has 2 N–H and O–H groups in total. The largest absolute Gasteiger partial charge is 0.318 e. The number of carbonyl (C=O) groups excluding carboxylic acids is 2. The minimum atomic E-state index is -0.683. The van der Waals surface area contributed by atoms with Crippen molar-refractivity contribution in [2.75, 3.05) is 10.6 Å². The summed E-state index contributed by atoms with van der Waals surface area (Å²) < 4.78 is 0. The molecule has 2 amide bonds. The molecule has 0 spiro atoms. The number of rotatable bonds is 3. The Balaban J connectivity index is 1.78. The Kier molecular flexibility index (Phi) is 4.57. The first kappa shape index (κ1) is 15.7. The molecule has 3 aromatic carbocycles. The number of fused-ring (bicyclic) bond motifs is 1. The average Bonchev–Trinajstić information content (AvgIpc) is 2.62. The lowest BCUT2D eigenvalue weighted by molar-refractivity contribution is -0.132. The van der Waals surface area contributed by atoms with Crippen LogP contribution in [0.3, 0.4) is 0 Å². The zero-order chi connectivity index (χ0) is 16.9. The van der Waals surface area contributed by atoms with Crippen LogP contribution in [0, 0.1) is 0 Å². The predicted octanol–water partition coefficient (Wildman–Crippen LogP) is 3.98. The smallest absolute Gasteiger partial charge is 0.314 e. The molecule has 0 aliphatic heterocycles. The molecule has 0 unspecified atom stereocenters. The van der Waals surface area contributed by atoms with Crippen LogP contribution in [0.2, 0.25) is 0 Å². The molecule has 120 valence electrons. The highest BCUT2D eigenvalue weighted by Crippen LogP contribution is 2.23. The van der Waals surface area contributed by atoms with Gasteiger partial charge in [-0.2, -0.15) is 0 Å². The number of hydrogen-bond acceptors (Lipinski definition) is 2. The summed E-state index contributed by atoms with van der Waals surface area (Å²) in [4.78, 5) is 24.4. The van der Waals surface area contributed by atoms with E-state index >= 15 is 0 Å². The van der Waals surface area contributed by atoms with Gasteiger partial charge in [0.05, 0.1) is 0 Å². The van der Waals surface area contributed by atoms with Gasteiger partial charge in [0.15, 0.2) is 0 Å². The van der Waals surface area contributed by atoms with Gasteiger partial charge in [0.25, 0.3) is 0 Å². The van der Waals surface area contributed by atoms with Crippen molar-refractivity contribution in [3.8, 4) is 0 Å². The summed E-state index contributed by atoms with van der Waals surface area (Å²) in [7, 11) is 0. The minimum Gasteiger partial charge on any atom is -0.318 e. The molecule has 0 radical (unpaired) electrons. The van der Waals surface area contributed by atoms with Crippen molar-refractivity contribution in [3.63, 3.8) is 0 Å². The summed E-state index contributed by atoms with van der Waals surface area (Å²) in [5.74, 6) is -1.36. The number of anilines is 2. The van der Waals surface area contributed by atoms with Crippen LogP contribution >= 0.6 is 0 Å². The number of aryl methyl sites for hydroxylation is 1. The van der Waals surface area contributed by atoms with Crippen LogP contribution in [0.1, 0.15) is 12.5 Å². The summed E-state index contributed by atoms with van der Waals surface area (Å²) in [5, 5.41) is 7.27. The Morgan fingerprint density at radius 2 is 1.33 bits per heavy atom. The first-order valence-corrected chi connectivity index (χ1v) is 7.87. The maximum absolute atomic E-state index is 12.2. The average molecular weight is 318 g/mol. The maximum Gasteiger partial charge on any atom is 0.314 e. The van der Waals surface area contributed by atoms with E-state index in [0.717, 1.165) is 22.8 Å². The highest BCUT2D eigenvalue weighted by atomic mass is 16.2. The van der Waals surface area contributed by atoms with E-state index in [1.165, 1.54) is 0 Å². The zero-order valence-corrected chi connectivity index (χ0v) is 13.4. The van der Waals surface area contributed by atoms with Gasteiger partial charge in [-0.25, -0.2) is 0 Å². The second kappa shape index (κ2) is 6.96. The van der Waals surface area contributed by atoms with Crippen molar-refractivity contribution in [2.24, 2.45) is 0 Å². The van der Waals surface area contributed by atoms with Gasteiger partial charge in [0, 0.05) is 16.8 Å². The van der Waals surface area contributed by atoms with Crippen LogP contribution in [-0.4, -0.2) is 11.8 Å². The number of nitrogens with one attached hydrogen (secondary N) is 2. The normalized spacial score (nSPS) is 10.4. The van der Waals surface area contributed by atoms with Gasteiger partial charge in [-0.15, -0.1) is 0 Å². The van der Waals surface area contributed by atoms with Gasteiger partial charge < -0.3 is 10.6 Å². The van der Waals surface area contributed by atoms with E-state index in [-0.39, 0.29) is 0 Å². The van der Waals surface area contributed by atoms with Gasteiger partial charge in [0.2, 0.25) is 0 Å². The minimum absolute atomic E-state index is 0.622. The van der Waals surface area contributed by atoms with Crippen molar-refractivity contribution >= 4 is 34.0 Å². The van der Waals surface area contributed by atoms with Crippen molar-refractivity contribution in [1.29, 1.82) is 0 Å². The molecule has 0 heterocycles. The second-order valence-corrected chi connectivity index (χ2v) is 5.45. The van der Waals surface area contributed by atoms with Crippen molar-refractivity contribution < 1.29 is 9.59 Å². The number of hydrogen-bond donors (Lipinski definition) is 2. The monoisotopic (exact) mass is 318 g/mol. The van der Waals surface area contributed by atoms with Gasteiger partial charge in [-0.05, 0) is 29.5 Å². The van der Waals surface area contributed by atoms with Gasteiger partial charge in [0.1, 0.15) is 0 Å². The van der Waals surface area contributed by atoms with E-state index in [1.807, 2.05) is 61.5 Å². The summed E-state index contributed by atoms with van der Waals surface area (Å²) in [6.07, 6.45) is 0.779. The molecule has 0 saturated heterocycles. The second-order valence-electron chi connectivity index (χ2n) is 5.45. The third kappa shape index (κ3) is 3.27. The zero-order valence-electron chi connectivity index (χ0n) is 13.4. The van der Waals surface area contributed by atoms with E-state index in [9.17, 15) is 9.59 Å². The van der Waals surface area contributed by atoms with Gasteiger partial charge in [-0.3, -0.25) is 9.59 Å². The Morgan fingerprint density at radius 3 is 2.12 bits per heavy atom. The standard InChI is InChI=1S/C20H18N2O2/c1-2-14-8-4-6-12-17(14)21-19(23)20(24)22-18-13-7-10-15-9-3-5-11-16(15)18/h3-13H,2H2,1H3,(H,21,23)(H,22,24). The number of benzene rings is 3. The summed E-state index contributed by atoms with van der Waals surface area (Å²) in [6.45, 7) is 2.00. The van der Waals surface area contributed by atoms with Crippen LogP contribution in [0.15, 0.2) is 66.7 Å². The first-order chi connectivity index (χ1) is 11.7. The van der Waals surface area contributed by atoms with E-state index < -0.39 is 11.8 Å². The number of carbonyl (C=O) groups is 2. The van der Waals surface area contributed by atoms with Crippen molar-refractivity contribution in [1.82, 2.24) is 0 Å². The topological polar surface area (TPSA) is 58.2 Å². The maximum atomic E-state index is 12.2. The van der Waals surface area contributed by atoms with Crippen molar-refractivity contribution in [2.45, 2.75) is 13.3 Å². The van der Waals surface area contributed by atoms with Crippen LogP contribution in [-0.2, 0) is 16.0 Å². The van der Waals surface area contributed by atoms with Crippen LogP contribution < -0.4 is 10.6 Å². The molecular weight excluding hydrogens is 300 g/mol. The summed E-state index contributed by atoms with van der Waals surface area (Å²) in [5.41, 5.74) is 2.28. The SMILES string of the molecule is CCc1ccccc1NC(=O)C(=O)Nc1cccc2ccccc12. The fraction of sp³-hybridized carbons (Fsp3) is 0.100. The quantitative estimate of drug-likeness (QED) is 0.718. The molecule has 0 aromatic heterocycles. The van der Waals surface area contributed by atoms with Crippen LogP contribution in [0.4, 0.5) is 11.4 Å². The highest BCUT2D eigenvalue weighted by molar-refractivity contribution is 6.44. The molecule has 24 heavy (non-hydrogen) atoms. The Labute approximate surface area is 140 Å². The number of amides is 2. The molecule has 0 atom stereocenters. The fourth-order valence-electron chi connectivity index (χ4n) is 2.64.